The number of amides is 1. The van der Waals surface area contributed by atoms with Gasteiger partial charge in [0, 0.05) is 6.92 Å². The minimum atomic E-state index is -0.938. The fraction of sp³-hybridized carbons (Fsp3) is 0.353. The molecule has 1 heterocycles. The van der Waals surface area contributed by atoms with Crippen LogP contribution in [-0.2, 0) is 23.9 Å². The van der Waals surface area contributed by atoms with Gasteiger partial charge in [-0.1, -0.05) is 30.3 Å². The molecule has 0 saturated heterocycles. The van der Waals surface area contributed by atoms with Crippen LogP contribution in [0.3, 0.4) is 0 Å². The van der Waals surface area contributed by atoms with Crippen molar-refractivity contribution in [2.45, 2.75) is 25.9 Å². The summed E-state index contributed by atoms with van der Waals surface area (Å²) in [6.07, 6.45) is 1.45. The third kappa shape index (κ3) is 3.26. The highest BCUT2D eigenvalue weighted by Gasteiger charge is 2.44. The molecule has 0 bridgehead atoms. The van der Waals surface area contributed by atoms with Crippen molar-refractivity contribution in [2.24, 2.45) is 0 Å². The summed E-state index contributed by atoms with van der Waals surface area (Å²) in [4.78, 5) is 37.8. The zero-order valence-corrected chi connectivity index (χ0v) is 13.3. The first kappa shape index (κ1) is 16.7. The van der Waals surface area contributed by atoms with Crippen molar-refractivity contribution in [1.82, 2.24) is 4.90 Å². The minimum absolute atomic E-state index is 0.193. The lowest BCUT2D eigenvalue weighted by Crippen LogP contribution is -2.42. The van der Waals surface area contributed by atoms with Gasteiger partial charge in [-0.3, -0.25) is 4.79 Å². The lowest BCUT2D eigenvalue weighted by molar-refractivity contribution is -0.152. The van der Waals surface area contributed by atoms with Crippen LogP contribution in [0.1, 0.15) is 25.5 Å². The Kier molecular flexibility index (Phi) is 5.16. The van der Waals surface area contributed by atoms with Crippen LogP contribution in [0.25, 0.3) is 0 Å². The van der Waals surface area contributed by atoms with Gasteiger partial charge in [0.15, 0.2) is 0 Å². The van der Waals surface area contributed by atoms with Crippen molar-refractivity contribution in [3.63, 3.8) is 0 Å². The quantitative estimate of drug-likeness (QED) is 0.789. The van der Waals surface area contributed by atoms with Crippen LogP contribution in [0.4, 0.5) is 0 Å². The molecule has 0 aliphatic carbocycles. The molecular weight excluding hydrogens is 298 g/mol. The van der Waals surface area contributed by atoms with Crippen LogP contribution in [0.5, 0.6) is 0 Å². The third-order valence-electron chi connectivity index (χ3n) is 3.64. The maximum Gasteiger partial charge on any atom is 0.335 e. The number of hydrogen-bond acceptors (Lipinski definition) is 5. The number of methoxy groups -OCH3 is 1. The molecule has 1 aromatic carbocycles. The largest absolute Gasteiger partial charge is 0.466 e. The molecule has 1 aromatic rings. The van der Waals surface area contributed by atoms with E-state index in [1.54, 1.807) is 31.2 Å². The van der Waals surface area contributed by atoms with E-state index in [1.165, 1.54) is 25.0 Å². The standard InChI is InChI=1S/C17H19NO5/c1-4-23-17(21)14-10-13(16(20)22-3)15(18(14)11(2)19)12-8-6-5-7-9-12/h5-10,14-15H,4H2,1-3H3/t14-,15-/m1/s1. The van der Waals surface area contributed by atoms with Crippen molar-refractivity contribution in [3.8, 4) is 0 Å². The molecule has 0 unspecified atom stereocenters. The molecule has 0 radical (unpaired) electrons. The van der Waals surface area contributed by atoms with Gasteiger partial charge in [0.2, 0.25) is 5.91 Å². The van der Waals surface area contributed by atoms with E-state index in [1.807, 2.05) is 6.07 Å². The highest BCUT2D eigenvalue weighted by atomic mass is 16.5. The third-order valence-corrected chi connectivity index (χ3v) is 3.64. The van der Waals surface area contributed by atoms with Crippen LogP contribution < -0.4 is 0 Å². The van der Waals surface area contributed by atoms with E-state index in [9.17, 15) is 14.4 Å². The van der Waals surface area contributed by atoms with Gasteiger partial charge < -0.3 is 14.4 Å². The summed E-state index contributed by atoms with van der Waals surface area (Å²) in [6, 6.07) is 7.43. The molecule has 0 spiro atoms. The minimum Gasteiger partial charge on any atom is -0.466 e. The van der Waals surface area contributed by atoms with E-state index in [-0.39, 0.29) is 18.1 Å². The molecule has 2 atom stereocenters. The average molecular weight is 317 g/mol. The summed E-state index contributed by atoms with van der Waals surface area (Å²) in [5.74, 6) is -1.47. The number of benzene rings is 1. The van der Waals surface area contributed by atoms with Gasteiger partial charge in [-0.2, -0.15) is 0 Å². The van der Waals surface area contributed by atoms with Gasteiger partial charge in [-0.25, -0.2) is 9.59 Å². The van der Waals surface area contributed by atoms with E-state index in [2.05, 4.69) is 0 Å². The Bertz CT molecular complexity index is 638. The average Bonchev–Trinajstić information content (AvgIpc) is 2.96. The topological polar surface area (TPSA) is 72.9 Å². The molecule has 2 rings (SSSR count). The fourth-order valence-corrected chi connectivity index (χ4v) is 2.71. The fourth-order valence-electron chi connectivity index (χ4n) is 2.71. The molecule has 0 aromatic heterocycles. The zero-order valence-electron chi connectivity index (χ0n) is 13.3. The lowest BCUT2D eigenvalue weighted by Gasteiger charge is -2.29. The number of carbonyl (C=O) groups excluding carboxylic acids is 3. The van der Waals surface area contributed by atoms with Crippen molar-refractivity contribution in [1.29, 1.82) is 0 Å². The Morgan fingerprint density at radius 2 is 1.83 bits per heavy atom. The number of nitrogens with zero attached hydrogens (tertiary/aromatic N) is 1. The first-order chi connectivity index (χ1) is 11.0. The number of carbonyl (C=O) groups is 3. The molecule has 122 valence electrons. The van der Waals surface area contributed by atoms with Crippen molar-refractivity contribution in [3.05, 3.63) is 47.5 Å². The molecule has 23 heavy (non-hydrogen) atoms. The lowest BCUT2D eigenvalue weighted by atomic mass is 10.00. The SMILES string of the molecule is CCOC(=O)[C@H]1C=C(C(=O)OC)[C@@H](c2ccccc2)N1C(C)=O. The predicted octanol–water partition coefficient (Wildman–Crippen LogP) is 1.62. The molecule has 6 heteroatoms. The number of ether oxygens (including phenoxy) is 2. The molecular formula is C17H19NO5. The highest BCUT2D eigenvalue weighted by molar-refractivity contribution is 5.96. The van der Waals surface area contributed by atoms with Crippen LogP contribution in [-0.4, -0.2) is 42.5 Å². The molecule has 0 fully saturated rings. The molecule has 1 amide bonds. The maximum atomic E-state index is 12.2. The highest BCUT2D eigenvalue weighted by Crippen LogP contribution is 2.37. The second kappa shape index (κ2) is 7.09. The van der Waals surface area contributed by atoms with Gasteiger partial charge in [0.05, 0.1) is 25.3 Å². The smallest absolute Gasteiger partial charge is 0.335 e. The van der Waals surface area contributed by atoms with E-state index in [0.717, 1.165) is 5.56 Å². The monoisotopic (exact) mass is 317 g/mol. The Hall–Kier alpha value is -2.63. The summed E-state index contributed by atoms with van der Waals surface area (Å²) in [5, 5.41) is 0. The summed E-state index contributed by atoms with van der Waals surface area (Å²) < 4.78 is 9.83. The normalized spacial score (nSPS) is 20.0. The summed E-state index contributed by atoms with van der Waals surface area (Å²) in [6.45, 7) is 3.24. The summed E-state index contributed by atoms with van der Waals surface area (Å²) in [5.41, 5.74) is 0.984. The predicted molar refractivity (Wildman–Crippen MR) is 82.2 cm³/mol. The summed E-state index contributed by atoms with van der Waals surface area (Å²) >= 11 is 0. The molecule has 6 nitrogen and oxygen atoms in total. The maximum absolute atomic E-state index is 12.2. The van der Waals surface area contributed by atoms with E-state index in [0.29, 0.717) is 0 Å². The van der Waals surface area contributed by atoms with Crippen molar-refractivity contribution in [2.75, 3.05) is 13.7 Å². The van der Waals surface area contributed by atoms with Gasteiger partial charge in [-0.05, 0) is 18.6 Å². The van der Waals surface area contributed by atoms with E-state index >= 15 is 0 Å². The Morgan fingerprint density at radius 1 is 1.17 bits per heavy atom. The number of rotatable bonds is 4. The van der Waals surface area contributed by atoms with Gasteiger partial charge in [0.25, 0.3) is 0 Å². The van der Waals surface area contributed by atoms with E-state index < -0.39 is 24.0 Å². The Labute approximate surface area is 134 Å². The second-order valence-electron chi connectivity index (χ2n) is 5.05. The first-order valence-electron chi connectivity index (χ1n) is 7.31. The second-order valence-corrected chi connectivity index (χ2v) is 5.05. The summed E-state index contributed by atoms with van der Waals surface area (Å²) in [7, 11) is 1.26. The molecule has 0 N–H and O–H groups in total. The Morgan fingerprint density at radius 3 is 2.35 bits per heavy atom. The molecule has 0 saturated carbocycles. The molecule has 1 aliphatic heterocycles. The van der Waals surface area contributed by atoms with Crippen LogP contribution in [0.2, 0.25) is 0 Å². The van der Waals surface area contributed by atoms with Gasteiger partial charge in [0.1, 0.15) is 6.04 Å². The first-order valence-corrected chi connectivity index (χ1v) is 7.31. The van der Waals surface area contributed by atoms with Crippen LogP contribution >= 0.6 is 0 Å². The molecule has 1 aliphatic rings. The van der Waals surface area contributed by atoms with Gasteiger partial charge in [-0.15, -0.1) is 0 Å². The van der Waals surface area contributed by atoms with E-state index in [4.69, 9.17) is 9.47 Å². The number of esters is 2. The van der Waals surface area contributed by atoms with Crippen LogP contribution in [0.15, 0.2) is 42.0 Å². The zero-order chi connectivity index (χ0) is 17.0. The van der Waals surface area contributed by atoms with Crippen molar-refractivity contribution >= 4 is 17.8 Å². The van der Waals surface area contributed by atoms with Crippen molar-refractivity contribution < 1.29 is 23.9 Å². The van der Waals surface area contributed by atoms with Crippen LogP contribution in [0, 0.1) is 0 Å². The van der Waals surface area contributed by atoms with Gasteiger partial charge >= 0.3 is 11.9 Å². The number of hydrogen-bond donors (Lipinski definition) is 0. The Balaban J connectivity index is 2.51.